The first-order valence-electron chi connectivity index (χ1n) is 5.39. The number of aromatic nitrogens is 1. The predicted octanol–water partition coefficient (Wildman–Crippen LogP) is 2.32. The van der Waals surface area contributed by atoms with E-state index in [0.717, 1.165) is 4.88 Å². The highest BCUT2D eigenvalue weighted by Gasteiger charge is 2.19. The van der Waals surface area contributed by atoms with Gasteiger partial charge in [-0.3, -0.25) is 0 Å². The third-order valence-electron chi connectivity index (χ3n) is 2.36. The van der Waals surface area contributed by atoms with Crippen LogP contribution in [0.4, 0.5) is 5.69 Å². The van der Waals surface area contributed by atoms with Crippen LogP contribution in [0.3, 0.4) is 0 Å². The summed E-state index contributed by atoms with van der Waals surface area (Å²) in [7, 11) is -2.00. The normalized spacial score (nSPS) is 11.5. The summed E-state index contributed by atoms with van der Waals surface area (Å²) in [6, 6.07) is 6.84. The lowest BCUT2D eigenvalue weighted by Crippen LogP contribution is -2.24. The lowest BCUT2D eigenvalue weighted by Gasteiger charge is -2.09. The number of rotatable bonds is 5. The van der Waals surface area contributed by atoms with E-state index in [2.05, 4.69) is 15.0 Å². The number of pyridine rings is 1. The molecular weight excluding hydrogens is 306 g/mol. The molecule has 0 bridgehead atoms. The van der Waals surface area contributed by atoms with Crippen LogP contribution in [0.1, 0.15) is 4.88 Å². The summed E-state index contributed by atoms with van der Waals surface area (Å²) in [5.41, 5.74) is 0.458. The fourth-order valence-electron chi connectivity index (χ4n) is 1.48. The molecule has 0 aliphatic rings. The number of halogens is 1. The van der Waals surface area contributed by atoms with Gasteiger partial charge < -0.3 is 5.32 Å². The maximum absolute atomic E-state index is 12.2. The average molecular weight is 318 g/mol. The summed E-state index contributed by atoms with van der Waals surface area (Å²) in [5, 5.41) is 2.79. The van der Waals surface area contributed by atoms with E-state index >= 15 is 0 Å². The van der Waals surface area contributed by atoms with Crippen molar-refractivity contribution in [2.24, 2.45) is 0 Å². The van der Waals surface area contributed by atoms with Gasteiger partial charge in [-0.1, -0.05) is 11.6 Å². The number of hydrogen-bond donors (Lipinski definition) is 2. The lowest BCUT2D eigenvalue weighted by atomic mass is 10.4. The maximum Gasteiger partial charge on any atom is 0.260 e. The molecule has 2 N–H and O–H groups in total. The maximum atomic E-state index is 12.2. The SMILES string of the molecule is CNc1cccnc1S(=O)(=O)NCc1ccc(Cl)s1. The van der Waals surface area contributed by atoms with Gasteiger partial charge in [0.1, 0.15) is 0 Å². The molecule has 0 unspecified atom stereocenters. The highest BCUT2D eigenvalue weighted by atomic mass is 35.5. The molecule has 2 aromatic rings. The molecule has 0 radical (unpaired) electrons. The van der Waals surface area contributed by atoms with Crippen molar-refractivity contribution in [3.63, 3.8) is 0 Å². The quantitative estimate of drug-likeness (QED) is 0.888. The number of nitrogens with zero attached hydrogens (tertiary/aromatic N) is 1. The minimum Gasteiger partial charge on any atom is -0.386 e. The molecule has 2 heterocycles. The molecule has 0 spiro atoms. The number of nitrogens with one attached hydrogen (secondary N) is 2. The third kappa shape index (κ3) is 3.44. The number of sulfonamides is 1. The molecule has 0 saturated carbocycles. The second-order valence-electron chi connectivity index (χ2n) is 3.64. The van der Waals surface area contributed by atoms with Crippen molar-refractivity contribution in [3.8, 4) is 0 Å². The minimum atomic E-state index is -3.65. The van der Waals surface area contributed by atoms with E-state index in [9.17, 15) is 8.42 Å². The Labute approximate surface area is 120 Å². The molecule has 0 saturated heterocycles. The summed E-state index contributed by atoms with van der Waals surface area (Å²) in [6.07, 6.45) is 1.44. The van der Waals surface area contributed by atoms with Crippen LogP contribution in [0.15, 0.2) is 35.5 Å². The Morgan fingerprint density at radius 1 is 1.37 bits per heavy atom. The van der Waals surface area contributed by atoms with Crippen molar-refractivity contribution in [3.05, 3.63) is 39.7 Å². The molecule has 2 aromatic heterocycles. The zero-order valence-electron chi connectivity index (χ0n) is 10.1. The highest BCUT2D eigenvalue weighted by Crippen LogP contribution is 2.22. The monoisotopic (exact) mass is 317 g/mol. The molecule has 0 atom stereocenters. The zero-order chi connectivity index (χ0) is 13.9. The predicted molar refractivity (Wildman–Crippen MR) is 77.1 cm³/mol. The molecule has 0 aliphatic carbocycles. The summed E-state index contributed by atoms with van der Waals surface area (Å²) >= 11 is 7.13. The topological polar surface area (TPSA) is 71.1 Å². The molecule has 0 amide bonds. The molecule has 19 heavy (non-hydrogen) atoms. The van der Waals surface area contributed by atoms with Gasteiger partial charge in [0.25, 0.3) is 10.0 Å². The Morgan fingerprint density at radius 2 is 2.16 bits per heavy atom. The number of thiophene rings is 1. The van der Waals surface area contributed by atoms with Crippen molar-refractivity contribution in [2.75, 3.05) is 12.4 Å². The Kier molecular flexibility index (Phi) is 4.41. The van der Waals surface area contributed by atoms with E-state index in [1.165, 1.54) is 17.5 Å². The van der Waals surface area contributed by atoms with Crippen LogP contribution in [0.25, 0.3) is 0 Å². The van der Waals surface area contributed by atoms with Crippen LogP contribution < -0.4 is 10.0 Å². The lowest BCUT2D eigenvalue weighted by molar-refractivity contribution is 0.578. The summed E-state index contributed by atoms with van der Waals surface area (Å²) < 4.78 is 27.4. The van der Waals surface area contributed by atoms with Crippen LogP contribution in [0.2, 0.25) is 4.34 Å². The molecule has 0 fully saturated rings. The van der Waals surface area contributed by atoms with Gasteiger partial charge in [-0.25, -0.2) is 18.1 Å². The Bertz CT molecular complexity index is 670. The Morgan fingerprint density at radius 3 is 2.79 bits per heavy atom. The fourth-order valence-corrected chi connectivity index (χ4v) is 3.74. The van der Waals surface area contributed by atoms with Gasteiger partial charge in [-0.15, -0.1) is 11.3 Å². The molecule has 8 heteroatoms. The second-order valence-corrected chi connectivity index (χ2v) is 7.12. The van der Waals surface area contributed by atoms with Gasteiger partial charge in [0.05, 0.1) is 10.0 Å². The van der Waals surface area contributed by atoms with Crippen LogP contribution >= 0.6 is 22.9 Å². The highest BCUT2D eigenvalue weighted by molar-refractivity contribution is 7.89. The van der Waals surface area contributed by atoms with Gasteiger partial charge >= 0.3 is 0 Å². The number of anilines is 1. The zero-order valence-corrected chi connectivity index (χ0v) is 12.4. The molecule has 0 aliphatic heterocycles. The molecule has 2 rings (SSSR count). The average Bonchev–Trinajstić information content (AvgIpc) is 2.82. The molecule has 102 valence electrons. The van der Waals surface area contributed by atoms with Crippen LogP contribution in [0.5, 0.6) is 0 Å². The molecule has 5 nitrogen and oxygen atoms in total. The van der Waals surface area contributed by atoms with E-state index in [1.54, 1.807) is 31.3 Å². The fraction of sp³-hybridized carbons (Fsp3) is 0.182. The summed E-state index contributed by atoms with van der Waals surface area (Å²) in [6.45, 7) is 0.194. The van der Waals surface area contributed by atoms with Crippen LogP contribution in [-0.4, -0.2) is 20.4 Å². The summed E-state index contributed by atoms with van der Waals surface area (Å²) in [4.78, 5) is 4.75. The molecule has 0 aromatic carbocycles. The van der Waals surface area contributed by atoms with E-state index < -0.39 is 10.0 Å². The van der Waals surface area contributed by atoms with Crippen LogP contribution in [-0.2, 0) is 16.6 Å². The van der Waals surface area contributed by atoms with E-state index in [0.29, 0.717) is 10.0 Å². The van der Waals surface area contributed by atoms with Crippen molar-refractivity contribution in [2.45, 2.75) is 11.6 Å². The Hall–Kier alpha value is -1.15. The summed E-state index contributed by atoms with van der Waals surface area (Å²) in [5.74, 6) is 0. The van der Waals surface area contributed by atoms with Gasteiger partial charge in [0.15, 0.2) is 5.03 Å². The van der Waals surface area contributed by atoms with Crippen molar-refractivity contribution in [1.82, 2.24) is 9.71 Å². The second kappa shape index (κ2) is 5.87. The molecular formula is C11H12ClN3O2S2. The standard InChI is InChI=1S/C11H12ClN3O2S2/c1-13-9-3-2-6-14-11(9)19(16,17)15-7-8-4-5-10(12)18-8/h2-6,13,15H,7H2,1H3. The first-order chi connectivity index (χ1) is 9.03. The van der Waals surface area contributed by atoms with Crippen molar-refractivity contribution < 1.29 is 8.42 Å². The first-order valence-corrected chi connectivity index (χ1v) is 8.07. The van der Waals surface area contributed by atoms with Gasteiger partial charge in [0, 0.05) is 24.7 Å². The number of hydrogen-bond acceptors (Lipinski definition) is 5. The Balaban J connectivity index is 2.18. The first kappa shape index (κ1) is 14.3. The van der Waals surface area contributed by atoms with E-state index in [-0.39, 0.29) is 11.6 Å². The van der Waals surface area contributed by atoms with Gasteiger partial charge in [0.2, 0.25) is 0 Å². The van der Waals surface area contributed by atoms with Gasteiger partial charge in [-0.05, 0) is 24.3 Å². The van der Waals surface area contributed by atoms with Gasteiger partial charge in [-0.2, -0.15) is 0 Å². The van der Waals surface area contributed by atoms with Crippen LogP contribution in [0, 0.1) is 0 Å². The van der Waals surface area contributed by atoms with Crippen molar-refractivity contribution in [1.29, 1.82) is 0 Å². The van der Waals surface area contributed by atoms with E-state index in [1.807, 2.05) is 0 Å². The smallest absolute Gasteiger partial charge is 0.260 e. The third-order valence-corrected chi connectivity index (χ3v) is 4.95. The minimum absolute atomic E-state index is 0.0137. The van der Waals surface area contributed by atoms with Crippen molar-refractivity contribution >= 4 is 38.6 Å². The largest absolute Gasteiger partial charge is 0.386 e. The van der Waals surface area contributed by atoms with E-state index in [4.69, 9.17) is 11.6 Å².